The fourth-order valence-corrected chi connectivity index (χ4v) is 2.04. The van der Waals surface area contributed by atoms with Gasteiger partial charge in [0.05, 0.1) is 6.54 Å². The van der Waals surface area contributed by atoms with Gasteiger partial charge in [-0.25, -0.2) is 0 Å². The summed E-state index contributed by atoms with van der Waals surface area (Å²) >= 11 is 0. The van der Waals surface area contributed by atoms with E-state index in [-0.39, 0.29) is 0 Å². The van der Waals surface area contributed by atoms with E-state index in [0.29, 0.717) is 24.8 Å². The predicted octanol–water partition coefficient (Wildman–Crippen LogP) is 2.28. The van der Waals surface area contributed by atoms with E-state index in [1.807, 2.05) is 30.3 Å². The highest BCUT2D eigenvalue weighted by atomic mass is 16.1. The average Bonchev–Trinajstić information content (AvgIpc) is 3.11. The van der Waals surface area contributed by atoms with Gasteiger partial charge in [0, 0.05) is 12.5 Å². The zero-order valence-corrected chi connectivity index (χ0v) is 9.86. The molecule has 0 saturated heterocycles. The highest BCUT2D eigenvalue weighted by Crippen LogP contribution is 2.26. The van der Waals surface area contributed by atoms with Gasteiger partial charge in [0.1, 0.15) is 0 Å². The van der Waals surface area contributed by atoms with Crippen LogP contribution in [0.4, 0.5) is 0 Å². The van der Waals surface area contributed by atoms with E-state index >= 15 is 0 Å². The molecule has 2 rings (SSSR count). The molecule has 0 N–H and O–H groups in total. The summed E-state index contributed by atoms with van der Waals surface area (Å²) in [5.41, 5.74) is 1.12. The van der Waals surface area contributed by atoms with Gasteiger partial charge in [0.25, 0.3) is 0 Å². The largest absolute Gasteiger partial charge is 0.298 e. The fraction of sp³-hybridized carbons (Fsp3) is 0.500. The van der Waals surface area contributed by atoms with Crippen molar-refractivity contribution in [2.75, 3.05) is 13.1 Å². The smallest absolute Gasteiger partial charge is 0.151 e. The maximum atomic E-state index is 11.9. The molecule has 0 unspecified atom stereocenters. The van der Waals surface area contributed by atoms with Crippen LogP contribution in [-0.2, 0) is 11.2 Å². The molecule has 0 bridgehead atoms. The second-order valence-electron chi connectivity index (χ2n) is 4.50. The third-order valence-electron chi connectivity index (χ3n) is 3.09. The van der Waals surface area contributed by atoms with Crippen LogP contribution >= 0.6 is 0 Å². The summed E-state index contributed by atoms with van der Waals surface area (Å²) in [5.74, 6) is 0.333. The number of carbonyl (C=O) groups is 1. The topological polar surface area (TPSA) is 20.3 Å². The maximum absolute atomic E-state index is 11.9. The van der Waals surface area contributed by atoms with Gasteiger partial charge in [-0.3, -0.25) is 9.69 Å². The van der Waals surface area contributed by atoms with E-state index in [0.717, 1.165) is 12.1 Å². The number of carbonyl (C=O) groups excluding carboxylic acids is 1. The molecule has 0 aromatic heterocycles. The quantitative estimate of drug-likeness (QED) is 0.728. The molecule has 2 nitrogen and oxygen atoms in total. The Hall–Kier alpha value is -1.15. The van der Waals surface area contributed by atoms with Crippen LogP contribution in [0.1, 0.15) is 25.3 Å². The zero-order chi connectivity index (χ0) is 11.4. The van der Waals surface area contributed by atoms with Crippen molar-refractivity contribution < 1.29 is 4.79 Å². The van der Waals surface area contributed by atoms with Gasteiger partial charge < -0.3 is 0 Å². The van der Waals surface area contributed by atoms with E-state index in [2.05, 4.69) is 11.8 Å². The highest BCUT2D eigenvalue weighted by molar-refractivity contribution is 5.82. The van der Waals surface area contributed by atoms with Gasteiger partial charge in [-0.15, -0.1) is 0 Å². The first-order valence-corrected chi connectivity index (χ1v) is 6.09. The van der Waals surface area contributed by atoms with E-state index in [1.54, 1.807) is 0 Å². The minimum Gasteiger partial charge on any atom is -0.298 e. The van der Waals surface area contributed by atoms with Gasteiger partial charge in [-0.1, -0.05) is 37.3 Å². The SMILES string of the molecule is CCN(CC(=O)Cc1ccccc1)C1CC1. The Balaban J connectivity index is 1.83. The third kappa shape index (κ3) is 3.17. The van der Waals surface area contributed by atoms with Crippen LogP contribution in [-0.4, -0.2) is 29.8 Å². The first kappa shape index (κ1) is 11.3. The van der Waals surface area contributed by atoms with Gasteiger partial charge >= 0.3 is 0 Å². The summed E-state index contributed by atoms with van der Waals surface area (Å²) < 4.78 is 0. The number of ketones is 1. The molecule has 1 aliphatic rings. The molecule has 2 heteroatoms. The molecule has 0 radical (unpaired) electrons. The minimum absolute atomic E-state index is 0.333. The van der Waals surface area contributed by atoms with Crippen LogP contribution in [0.2, 0.25) is 0 Å². The summed E-state index contributed by atoms with van der Waals surface area (Å²) in [6.07, 6.45) is 3.11. The van der Waals surface area contributed by atoms with E-state index in [9.17, 15) is 4.79 Å². The van der Waals surface area contributed by atoms with Crippen molar-refractivity contribution in [3.05, 3.63) is 35.9 Å². The van der Waals surface area contributed by atoms with E-state index < -0.39 is 0 Å². The molecule has 1 fully saturated rings. The standard InChI is InChI=1S/C14H19NO/c1-2-15(13-8-9-13)11-14(16)10-12-6-4-3-5-7-12/h3-7,13H,2,8-11H2,1H3. The summed E-state index contributed by atoms with van der Waals surface area (Å²) in [4.78, 5) is 14.2. The van der Waals surface area contributed by atoms with Crippen LogP contribution in [0.15, 0.2) is 30.3 Å². The molecule has 1 aliphatic carbocycles. The second kappa shape index (κ2) is 5.26. The van der Waals surface area contributed by atoms with Gasteiger partial charge in [0.2, 0.25) is 0 Å². The molecule has 1 saturated carbocycles. The number of nitrogens with zero attached hydrogens (tertiary/aromatic N) is 1. The normalized spacial score (nSPS) is 15.4. The molecule has 1 aromatic carbocycles. The number of likely N-dealkylation sites (N-methyl/N-ethyl adjacent to an activating group) is 1. The lowest BCUT2D eigenvalue weighted by Crippen LogP contribution is -2.32. The number of hydrogen-bond acceptors (Lipinski definition) is 2. The molecular weight excluding hydrogens is 198 g/mol. The van der Waals surface area contributed by atoms with Crippen molar-refractivity contribution in [1.82, 2.24) is 4.90 Å². The zero-order valence-electron chi connectivity index (χ0n) is 9.86. The van der Waals surface area contributed by atoms with Crippen LogP contribution < -0.4 is 0 Å². The number of rotatable bonds is 6. The molecule has 0 heterocycles. The lowest BCUT2D eigenvalue weighted by Gasteiger charge is -2.18. The Morgan fingerprint density at radius 1 is 1.31 bits per heavy atom. The molecule has 0 spiro atoms. The average molecular weight is 217 g/mol. The molecule has 0 amide bonds. The van der Waals surface area contributed by atoms with Gasteiger partial charge in [-0.05, 0) is 24.9 Å². The Kier molecular flexibility index (Phi) is 3.73. The molecule has 16 heavy (non-hydrogen) atoms. The summed E-state index contributed by atoms with van der Waals surface area (Å²) in [7, 11) is 0. The number of benzene rings is 1. The lowest BCUT2D eigenvalue weighted by molar-refractivity contribution is -0.119. The van der Waals surface area contributed by atoms with Gasteiger partial charge in [-0.2, -0.15) is 0 Å². The molecule has 0 aliphatic heterocycles. The molecule has 0 atom stereocenters. The van der Waals surface area contributed by atoms with Crippen molar-refractivity contribution in [3.63, 3.8) is 0 Å². The molecule has 86 valence electrons. The molecule has 1 aromatic rings. The lowest BCUT2D eigenvalue weighted by atomic mass is 10.1. The summed E-state index contributed by atoms with van der Waals surface area (Å²) in [6, 6.07) is 10.7. The van der Waals surface area contributed by atoms with Crippen LogP contribution in [0.3, 0.4) is 0 Å². The summed E-state index contributed by atoms with van der Waals surface area (Å²) in [6.45, 7) is 3.75. The van der Waals surface area contributed by atoms with Crippen molar-refractivity contribution >= 4 is 5.78 Å². The van der Waals surface area contributed by atoms with Crippen molar-refractivity contribution in [1.29, 1.82) is 0 Å². The first-order chi connectivity index (χ1) is 7.79. The van der Waals surface area contributed by atoms with E-state index in [1.165, 1.54) is 12.8 Å². The maximum Gasteiger partial charge on any atom is 0.151 e. The Bertz CT molecular complexity index is 343. The second-order valence-corrected chi connectivity index (χ2v) is 4.50. The van der Waals surface area contributed by atoms with E-state index in [4.69, 9.17) is 0 Å². The monoisotopic (exact) mass is 217 g/mol. The Labute approximate surface area is 97.3 Å². The van der Waals surface area contributed by atoms with Crippen molar-refractivity contribution in [2.24, 2.45) is 0 Å². The third-order valence-corrected chi connectivity index (χ3v) is 3.09. The van der Waals surface area contributed by atoms with Crippen molar-refractivity contribution in [3.8, 4) is 0 Å². The van der Waals surface area contributed by atoms with Crippen LogP contribution in [0.25, 0.3) is 0 Å². The molecular formula is C14H19NO. The van der Waals surface area contributed by atoms with Crippen molar-refractivity contribution in [2.45, 2.75) is 32.2 Å². The predicted molar refractivity (Wildman–Crippen MR) is 65.4 cm³/mol. The Morgan fingerprint density at radius 2 is 2.00 bits per heavy atom. The summed E-state index contributed by atoms with van der Waals surface area (Å²) in [5, 5.41) is 0. The number of hydrogen-bond donors (Lipinski definition) is 0. The number of Topliss-reactive ketones (excluding diaryl/α,β-unsaturated/α-hetero) is 1. The van der Waals surface area contributed by atoms with Gasteiger partial charge in [0.15, 0.2) is 5.78 Å². The highest BCUT2D eigenvalue weighted by Gasteiger charge is 2.28. The first-order valence-electron chi connectivity index (χ1n) is 6.09. The van der Waals surface area contributed by atoms with Crippen LogP contribution in [0.5, 0.6) is 0 Å². The minimum atomic E-state index is 0.333. The van der Waals surface area contributed by atoms with Crippen LogP contribution in [0, 0.1) is 0 Å². The Morgan fingerprint density at radius 3 is 2.56 bits per heavy atom. The fourth-order valence-electron chi connectivity index (χ4n) is 2.04.